The second-order valence-corrected chi connectivity index (χ2v) is 7.06. The van der Waals surface area contributed by atoms with E-state index in [4.69, 9.17) is 9.15 Å². The van der Waals surface area contributed by atoms with E-state index in [2.05, 4.69) is 24.1 Å². The lowest BCUT2D eigenvalue weighted by Gasteiger charge is -2.35. The minimum Gasteiger partial charge on any atom is -0.467 e. The number of furan rings is 1. The van der Waals surface area contributed by atoms with Gasteiger partial charge in [-0.3, -0.25) is 14.5 Å². The Morgan fingerprint density at radius 3 is 2.72 bits per heavy atom. The van der Waals surface area contributed by atoms with Crippen molar-refractivity contribution in [2.75, 3.05) is 32.7 Å². The van der Waals surface area contributed by atoms with E-state index < -0.39 is 0 Å². The van der Waals surface area contributed by atoms with Crippen molar-refractivity contribution in [3.8, 4) is 0 Å². The van der Waals surface area contributed by atoms with Crippen molar-refractivity contribution in [2.24, 2.45) is 5.92 Å². The molecule has 2 amide bonds. The van der Waals surface area contributed by atoms with Gasteiger partial charge in [0.15, 0.2) is 0 Å². The van der Waals surface area contributed by atoms with Crippen LogP contribution in [0.1, 0.15) is 26.0 Å². The highest BCUT2D eigenvalue weighted by Gasteiger charge is 2.34. The van der Waals surface area contributed by atoms with Gasteiger partial charge < -0.3 is 19.4 Å². The van der Waals surface area contributed by atoms with Gasteiger partial charge in [-0.25, -0.2) is 0 Å². The molecule has 0 saturated carbocycles. The van der Waals surface area contributed by atoms with Crippen molar-refractivity contribution in [1.29, 1.82) is 0 Å². The first-order valence-corrected chi connectivity index (χ1v) is 8.97. The number of carbonyl (C=O) groups excluding carboxylic acids is 2. The second-order valence-electron chi connectivity index (χ2n) is 7.06. The lowest BCUT2D eigenvalue weighted by molar-refractivity contribution is -0.129. The molecule has 25 heavy (non-hydrogen) atoms. The van der Waals surface area contributed by atoms with Crippen LogP contribution in [0, 0.1) is 5.92 Å². The molecular weight excluding hydrogens is 322 g/mol. The number of ether oxygens (including phenoxy) is 1. The second kappa shape index (κ2) is 8.01. The zero-order valence-electron chi connectivity index (χ0n) is 14.9. The summed E-state index contributed by atoms with van der Waals surface area (Å²) in [5, 5.41) is 2.98. The van der Waals surface area contributed by atoms with Crippen molar-refractivity contribution in [3.05, 3.63) is 24.2 Å². The number of nitrogens with zero attached hydrogens (tertiary/aromatic N) is 2. The third kappa shape index (κ3) is 4.83. The molecule has 0 unspecified atom stereocenters. The molecule has 2 fully saturated rings. The van der Waals surface area contributed by atoms with E-state index in [9.17, 15) is 9.59 Å². The molecule has 3 atom stereocenters. The zero-order valence-corrected chi connectivity index (χ0v) is 14.9. The van der Waals surface area contributed by atoms with Crippen LogP contribution < -0.4 is 5.32 Å². The van der Waals surface area contributed by atoms with Gasteiger partial charge in [-0.1, -0.05) is 0 Å². The van der Waals surface area contributed by atoms with E-state index >= 15 is 0 Å². The van der Waals surface area contributed by atoms with E-state index in [1.165, 1.54) is 0 Å². The van der Waals surface area contributed by atoms with Gasteiger partial charge in [0.05, 0.1) is 30.9 Å². The Morgan fingerprint density at radius 2 is 2.04 bits per heavy atom. The summed E-state index contributed by atoms with van der Waals surface area (Å²) in [6.45, 7) is 8.20. The van der Waals surface area contributed by atoms with Crippen molar-refractivity contribution in [1.82, 2.24) is 15.1 Å². The maximum Gasteiger partial charge on any atom is 0.225 e. The summed E-state index contributed by atoms with van der Waals surface area (Å²) < 4.78 is 11.0. The van der Waals surface area contributed by atoms with Gasteiger partial charge in [-0.05, 0) is 26.0 Å². The minimum absolute atomic E-state index is 0.00683. The highest BCUT2D eigenvalue weighted by molar-refractivity contribution is 5.89. The molecule has 0 spiro atoms. The van der Waals surface area contributed by atoms with Gasteiger partial charge in [0.25, 0.3) is 0 Å². The molecule has 0 radical (unpaired) electrons. The van der Waals surface area contributed by atoms with Gasteiger partial charge >= 0.3 is 0 Å². The summed E-state index contributed by atoms with van der Waals surface area (Å²) in [4.78, 5) is 28.4. The maximum absolute atomic E-state index is 12.4. The van der Waals surface area contributed by atoms with Crippen LogP contribution in [0.4, 0.5) is 0 Å². The van der Waals surface area contributed by atoms with E-state index in [1.807, 2.05) is 6.07 Å². The number of nitrogens with one attached hydrogen (secondary N) is 1. The molecule has 0 aliphatic carbocycles. The first-order valence-electron chi connectivity index (χ1n) is 8.97. The number of morpholine rings is 1. The Morgan fingerprint density at radius 1 is 1.28 bits per heavy atom. The highest BCUT2D eigenvalue weighted by Crippen LogP contribution is 2.20. The molecule has 0 aromatic carbocycles. The SMILES string of the molecule is C[C@@H]1CN(CCNC(=O)[C@@H]2CC(=O)N(Cc3ccco3)C2)C[C@@H](C)O1. The molecule has 1 N–H and O–H groups in total. The van der Waals surface area contributed by atoms with Crippen LogP contribution in [0.3, 0.4) is 0 Å². The summed E-state index contributed by atoms with van der Waals surface area (Å²) in [5.41, 5.74) is 0. The fourth-order valence-electron chi connectivity index (χ4n) is 3.64. The number of hydrogen-bond acceptors (Lipinski definition) is 5. The first-order chi connectivity index (χ1) is 12.0. The predicted octanol–water partition coefficient (Wildman–Crippen LogP) is 0.854. The van der Waals surface area contributed by atoms with Gasteiger partial charge in [0.2, 0.25) is 11.8 Å². The van der Waals surface area contributed by atoms with E-state index in [0.717, 1.165) is 25.4 Å². The molecule has 138 valence electrons. The van der Waals surface area contributed by atoms with Crippen molar-refractivity contribution >= 4 is 11.8 Å². The molecule has 1 aromatic rings. The molecule has 2 saturated heterocycles. The summed E-state index contributed by atoms with van der Waals surface area (Å²) in [6, 6.07) is 3.64. The van der Waals surface area contributed by atoms with Crippen molar-refractivity contribution in [2.45, 2.75) is 39.0 Å². The zero-order chi connectivity index (χ0) is 17.8. The van der Waals surface area contributed by atoms with Crippen LogP contribution in [-0.4, -0.2) is 66.5 Å². The number of likely N-dealkylation sites (tertiary alicyclic amines) is 1. The number of carbonyl (C=O) groups is 2. The summed E-state index contributed by atoms with van der Waals surface area (Å²) >= 11 is 0. The van der Waals surface area contributed by atoms with Gasteiger partial charge in [-0.15, -0.1) is 0 Å². The van der Waals surface area contributed by atoms with Crippen molar-refractivity contribution in [3.63, 3.8) is 0 Å². The normalized spacial score (nSPS) is 27.7. The molecule has 0 bridgehead atoms. The predicted molar refractivity (Wildman–Crippen MR) is 91.7 cm³/mol. The Bertz CT molecular complexity index is 579. The number of rotatable bonds is 6. The molecule has 7 heteroatoms. The molecule has 7 nitrogen and oxygen atoms in total. The molecule has 3 heterocycles. The Labute approximate surface area is 148 Å². The van der Waals surface area contributed by atoms with Crippen LogP contribution in [0.2, 0.25) is 0 Å². The van der Waals surface area contributed by atoms with E-state index in [1.54, 1.807) is 17.2 Å². The van der Waals surface area contributed by atoms with Crippen LogP contribution in [0.25, 0.3) is 0 Å². The lowest BCUT2D eigenvalue weighted by atomic mass is 10.1. The van der Waals surface area contributed by atoms with E-state index in [-0.39, 0.29) is 36.4 Å². The topological polar surface area (TPSA) is 75.0 Å². The molecule has 2 aliphatic rings. The van der Waals surface area contributed by atoms with Crippen LogP contribution >= 0.6 is 0 Å². The van der Waals surface area contributed by atoms with Gasteiger partial charge in [-0.2, -0.15) is 0 Å². The summed E-state index contributed by atoms with van der Waals surface area (Å²) in [5.74, 6) is 0.437. The maximum atomic E-state index is 12.4. The largest absolute Gasteiger partial charge is 0.467 e. The quantitative estimate of drug-likeness (QED) is 0.824. The third-order valence-electron chi connectivity index (χ3n) is 4.73. The number of amides is 2. The summed E-state index contributed by atoms with van der Waals surface area (Å²) in [7, 11) is 0. The number of hydrogen-bond donors (Lipinski definition) is 1. The van der Waals surface area contributed by atoms with Crippen LogP contribution in [-0.2, 0) is 20.9 Å². The fourth-order valence-corrected chi connectivity index (χ4v) is 3.64. The average molecular weight is 349 g/mol. The molecular formula is C18H27N3O4. The smallest absolute Gasteiger partial charge is 0.225 e. The van der Waals surface area contributed by atoms with Crippen molar-refractivity contribution < 1.29 is 18.7 Å². The Kier molecular flexibility index (Phi) is 5.75. The van der Waals surface area contributed by atoms with Gasteiger partial charge in [0.1, 0.15) is 5.76 Å². The Hall–Kier alpha value is -1.86. The van der Waals surface area contributed by atoms with E-state index in [0.29, 0.717) is 19.6 Å². The average Bonchev–Trinajstić information content (AvgIpc) is 3.17. The van der Waals surface area contributed by atoms with Crippen LogP contribution in [0.5, 0.6) is 0 Å². The Balaban J connectivity index is 1.40. The standard InChI is InChI=1S/C18H27N3O4/c1-13-9-20(10-14(2)25-13)6-5-19-18(23)15-8-17(22)21(11-15)12-16-4-3-7-24-16/h3-4,7,13-15H,5-6,8-12H2,1-2H3,(H,19,23)/t13-,14-,15-/m1/s1. The molecule has 2 aliphatic heterocycles. The highest BCUT2D eigenvalue weighted by atomic mass is 16.5. The molecule has 1 aromatic heterocycles. The monoisotopic (exact) mass is 349 g/mol. The minimum atomic E-state index is -0.273. The fraction of sp³-hybridized carbons (Fsp3) is 0.667. The van der Waals surface area contributed by atoms with Gasteiger partial charge in [0, 0.05) is 39.1 Å². The molecule has 3 rings (SSSR count). The first kappa shape index (κ1) is 17.9. The summed E-state index contributed by atoms with van der Waals surface area (Å²) in [6.07, 6.45) is 2.31. The lowest BCUT2D eigenvalue weighted by Crippen LogP contribution is -2.48. The van der Waals surface area contributed by atoms with Crippen LogP contribution in [0.15, 0.2) is 22.8 Å². The third-order valence-corrected chi connectivity index (χ3v) is 4.73.